The van der Waals surface area contributed by atoms with Gasteiger partial charge in [0.2, 0.25) is 11.8 Å². The fourth-order valence-electron chi connectivity index (χ4n) is 3.39. The van der Waals surface area contributed by atoms with Gasteiger partial charge in [0.15, 0.2) is 0 Å². The van der Waals surface area contributed by atoms with Crippen LogP contribution in [0.15, 0.2) is 41.8 Å². The minimum absolute atomic E-state index is 0.0591. The Kier molecular flexibility index (Phi) is 5.00. The third-order valence-electron chi connectivity index (χ3n) is 4.60. The number of aryl methyl sites for hydroxylation is 1. The lowest BCUT2D eigenvalue weighted by Crippen LogP contribution is -2.35. The fraction of sp³-hybridized carbons (Fsp3) is 0.368. The third-order valence-corrected chi connectivity index (χ3v) is 5.59. The number of hydrogen-bond acceptors (Lipinski definition) is 3. The van der Waals surface area contributed by atoms with Crippen LogP contribution in [0.3, 0.4) is 0 Å². The summed E-state index contributed by atoms with van der Waals surface area (Å²) < 4.78 is 0. The number of amides is 2. The van der Waals surface area contributed by atoms with Gasteiger partial charge in [-0.25, -0.2) is 0 Å². The van der Waals surface area contributed by atoms with Gasteiger partial charge in [0.1, 0.15) is 0 Å². The molecule has 5 heteroatoms. The van der Waals surface area contributed by atoms with Gasteiger partial charge in [0.05, 0.1) is 18.5 Å². The van der Waals surface area contributed by atoms with E-state index in [2.05, 4.69) is 17.4 Å². The Morgan fingerprint density at radius 2 is 2.08 bits per heavy atom. The second-order valence-electron chi connectivity index (χ2n) is 6.23. The summed E-state index contributed by atoms with van der Waals surface area (Å²) in [6, 6.07) is 12.1. The number of carbonyl (C=O) groups excluding carboxylic acids is 2. The van der Waals surface area contributed by atoms with Gasteiger partial charge in [-0.2, -0.15) is 0 Å². The van der Waals surface area contributed by atoms with Crippen molar-refractivity contribution in [1.29, 1.82) is 0 Å². The molecule has 1 aromatic carbocycles. The van der Waals surface area contributed by atoms with Crippen LogP contribution in [-0.4, -0.2) is 23.8 Å². The molecule has 2 atom stereocenters. The summed E-state index contributed by atoms with van der Waals surface area (Å²) in [5, 5.41) is 4.87. The maximum atomic E-state index is 12.8. The van der Waals surface area contributed by atoms with Crippen molar-refractivity contribution in [3.8, 4) is 0 Å². The maximum Gasteiger partial charge on any atom is 0.225 e. The first-order valence-electron chi connectivity index (χ1n) is 8.20. The number of carbonyl (C=O) groups is 2. The first kappa shape index (κ1) is 16.7. The molecule has 0 saturated heterocycles. The third kappa shape index (κ3) is 3.51. The second kappa shape index (κ2) is 7.18. The lowest BCUT2D eigenvalue weighted by Gasteiger charge is -2.27. The average Bonchev–Trinajstić information content (AvgIpc) is 3.22. The lowest BCUT2D eigenvalue weighted by atomic mass is 10.1. The molecule has 0 aliphatic heterocycles. The molecule has 0 fully saturated rings. The van der Waals surface area contributed by atoms with Crippen LogP contribution >= 0.6 is 11.3 Å². The number of thiophene rings is 1. The molecule has 1 heterocycles. The van der Waals surface area contributed by atoms with Crippen LogP contribution in [0.25, 0.3) is 0 Å². The molecule has 2 amide bonds. The molecule has 0 saturated carbocycles. The zero-order valence-corrected chi connectivity index (χ0v) is 14.8. The molecule has 0 spiro atoms. The van der Waals surface area contributed by atoms with Gasteiger partial charge in [-0.05, 0) is 35.4 Å². The number of hydrogen-bond donors (Lipinski definition) is 1. The first-order chi connectivity index (χ1) is 11.6. The van der Waals surface area contributed by atoms with Crippen molar-refractivity contribution in [2.24, 2.45) is 0 Å². The zero-order chi connectivity index (χ0) is 17.1. The van der Waals surface area contributed by atoms with Crippen molar-refractivity contribution in [2.45, 2.75) is 38.3 Å². The van der Waals surface area contributed by atoms with Crippen molar-refractivity contribution in [2.75, 3.05) is 7.05 Å². The highest BCUT2D eigenvalue weighted by molar-refractivity contribution is 7.10. The Labute approximate surface area is 146 Å². The molecule has 0 unspecified atom stereocenters. The van der Waals surface area contributed by atoms with E-state index in [-0.39, 0.29) is 30.3 Å². The Balaban J connectivity index is 1.72. The van der Waals surface area contributed by atoms with Gasteiger partial charge in [0.25, 0.3) is 0 Å². The molecule has 0 bridgehead atoms. The summed E-state index contributed by atoms with van der Waals surface area (Å²) in [5.41, 5.74) is 2.58. The van der Waals surface area contributed by atoms with Crippen molar-refractivity contribution < 1.29 is 9.59 Å². The second-order valence-corrected chi connectivity index (χ2v) is 7.21. The monoisotopic (exact) mass is 342 g/mol. The predicted molar refractivity (Wildman–Crippen MR) is 95.8 cm³/mol. The van der Waals surface area contributed by atoms with E-state index in [4.69, 9.17) is 0 Å². The quantitative estimate of drug-likeness (QED) is 0.904. The first-order valence-corrected chi connectivity index (χ1v) is 9.08. The van der Waals surface area contributed by atoms with E-state index in [0.717, 1.165) is 17.7 Å². The lowest BCUT2D eigenvalue weighted by molar-refractivity contribution is -0.132. The van der Waals surface area contributed by atoms with Gasteiger partial charge in [-0.15, -0.1) is 11.3 Å². The molecule has 1 aliphatic carbocycles. The van der Waals surface area contributed by atoms with E-state index < -0.39 is 0 Å². The molecule has 1 N–H and O–H groups in total. The summed E-state index contributed by atoms with van der Waals surface area (Å²) in [6.45, 7) is 1.49. The molecule has 2 aromatic rings. The topological polar surface area (TPSA) is 49.4 Å². The SMILES string of the molecule is CC(=O)N[C@@H](CC(=O)N(C)[C@H]1CCc2ccccc21)c1cccs1. The van der Waals surface area contributed by atoms with E-state index in [1.165, 1.54) is 18.1 Å². The Morgan fingerprint density at radius 3 is 2.79 bits per heavy atom. The van der Waals surface area contributed by atoms with E-state index in [0.29, 0.717) is 0 Å². The highest BCUT2D eigenvalue weighted by Crippen LogP contribution is 2.35. The van der Waals surface area contributed by atoms with Crippen LogP contribution in [0.1, 0.15) is 47.9 Å². The molecule has 1 aliphatic rings. The van der Waals surface area contributed by atoms with E-state index in [9.17, 15) is 9.59 Å². The molecule has 126 valence electrons. The van der Waals surface area contributed by atoms with Gasteiger partial charge in [-0.3, -0.25) is 9.59 Å². The molecule has 24 heavy (non-hydrogen) atoms. The van der Waals surface area contributed by atoms with Crippen LogP contribution in [0.4, 0.5) is 0 Å². The highest BCUT2D eigenvalue weighted by Gasteiger charge is 2.29. The normalized spacial score (nSPS) is 17.2. The van der Waals surface area contributed by atoms with Gasteiger partial charge >= 0.3 is 0 Å². The summed E-state index contributed by atoms with van der Waals surface area (Å²) in [4.78, 5) is 27.1. The molecule has 1 aromatic heterocycles. The Bertz CT molecular complexity index is 727. The number of rotatable bonds is 5. The number of benzene rings is 1. The number of nitrogens with zero attached hydrogens (tertiary/aromatic N) is 1. The molecular weight excluding hydrogens is 320 g/mol. The van der Waals surface area contributed by atoms with Crippen LogP contribution in [0.2, 0.25) is 0 Å². The van der Waals surface area contributed by atoms with Gasteiger partial charge < -0.3 is 10.2 Å². The molecular formula is C19H22N2O2S. The van der Waals surface area contributed by atoms with Crippen molar-refractivity contribution in [1.82, 2.24) is 10.2 Å². The summed E-state index contributed by atoms with van der Waals surface area (Å²) in [5.74, 6) is -0.0566. The van der Waals surface area contributed by atoms with Crippen LogP contribution in [0, 0.1) is 0 Å². The number of nitrogens with one attached hydrogen (secondary N) is 1. The summed E-state index contributed by atoms with van der Waals surface area (Å²) in [7, 11) is 1.87. The summed E-state index contributed by atoms with van der Waals surface area (Å²) >= 11 is 1.56. The maximum absolute atomic E-state index is 12.8. The van der Waals surface area contributed by atoms with Gasteiger partial charge in [0, 0.05) is 18.8 Å². The van der Waals surface area contributed by atoms with Crippen molar-refractivity contribution in [3.05, 3.63) is 57.8 Å². The predicted octanol–water partition coefficient (Wildman–Crippen LogP) is 3.46. The smallest absolute Gasteiger partial charge is 0.225 e. The van der Waals surface area contributed by atoms with E-state index in [1.807, 2.05) is 41.6 Å². The van der Waals surface area contributed by atoms with E-state index >= 15 is 0 Å². The number of fused-ring (bicyclic) bond motifs is 1. The molecule has 4 nitrogen and oxygen atoms in total. The Hall–Kier alpha value is -2.14. The minimum atomic E-state index is -0.255. The van der Waals surface area contributed by atoms with Crippen molar-refractivity contribution >= 4 is 23.2 Å². The van der Waals surface area contributed by atoms with Gasteiger partial charge in [-0.1, -0.05) is 30.3 Å². The zero-order valence-electron chi connectivity index (χ0n) is 14.0. The highest BCUT2D eigenvalue weighted by atomic mass is 32.1. The average molecular weight is 342 g/mol. The van der Waals surface area contributed by atoms with Crippen LogP contribution in [0.5, 0.6) is 0 Å². The largest absolute Gasteiger partial charge is 0.348 e. The minimum Gasteiger partial charge on any atom is -0.348 e. The van der Waals surface area contributed by atoms with E-state index in [1.54, 1.807) is 11.3 Å². The summed E-state index contributed by atoms with van der Waals surface area (Å²) in [6.07, 6.45) is 2.26. The molecule has 0 radical (unpaired) electrons. The molecule has 3 rings (SSSR count). The standard InChI is InChI=1S/C19H22N2O2S/c1-13(22)20-16(18-8-5-11-24-18)12-19(23)21(2)17-10-9-14-6-3-4-7-15(14)17/h3-8,11,16-17H,9-10,12H2,1-2H3,(H,20,22)/t16-,17-/m0/s1. The Morgan fingerprint density at radius 1 is 1.29 bits per heavy atom. The fourth-order valence-corrected chi connectivity index (χ4v) is 4.16. The van der Waals surface area contributed by atoms with Crippen molar-refractivity contribution in [3.63, 3.8) is 0 Å². The van der Waals surface area contributed by atoms with Crippen LogP contribution < -0.4 is 5.32 Å². The van der Waals surface area contributed by atoms with Crippen LogP contribution in [-0.2, 0) is 16.0 Å².